The summed E-state index contributed by atoms with van der Waals surface area (Å²) in [7, 11) is 2.72. The number of carbonyl (C=O) groups excluding carboxylic acids is 2. The Morgan fingerprint density at radius 3 is 2.13 bits per heavy atom. The fourth-order valence-electron chi connectivity index (χ4n) is 1.07. The van der Waals surface area contributed by atoms with E-state index in [2.05, 4.69) is 10.1 Å². The van der Waals surface area contributed by atoms with Crippen LogP contribution in [0.25, 0.3) is 0 Å². The maximum absolute atomic E-state index is 11.9. The van der Waals surface area contributed by atoms with Crippen LogP contribution in [0.5, 0.6) is 0 Å². The van der Waals surface area contributed by atoms with Crippen LogP contribution in [0.2, 0.25) is 0 Å². The summed E-state index contributed by atoms with van der Waals surface area (Å²) in [5.41, 5.74) is -0.524. The third-order valence-electron chi connectivity index (χ3n) is 1.87. The molecule has 0 aromatic heterocycles. The number of carbonyl (C=O) groups is 2. The van der Waals surface area contributed by atoms with Gasteiger partial charge in [-0.2, -0.15) is 0 Å². The maximum atomic E-state index is 11.9. The SMILES string of the molecule is COC[C@H](NC(=O)OC)C(=O)C(C)(C)C. The van der Waals surface area contributed by atoms with Crippen molar-refractivity contribution >= 4 is 11.9 Å². The van der Waals surface area contributed by atoms with E-state index in [-0.39, 0.29) is 12.4 Å². The summed E-state index contributed by atoms with van der Waals surface area (Å²) in [5, 5.41) is 2.44. The van der Waals surface area contributed by atoms with Gasteiger partial charge in [-0.1, -0.05) is 20.8 Å². The number of methoxy groups -OCH3 is 2. The molecule has 0 unspecified atom stereocenters. The summed E-state index contributed by atoms with van der Waals surface area (Å²) in [6, 6.07) is -0.664. The van der Waals surface area contributed by atoms with Crippen molar-refractivity contribution in [3.8, 4) is 0 Å². The van der Waals surface area contributed by atoms with E-state index in [0.717, 1.165) is 0 Å². The van der Waals surface area contributed by atoms with Gasteiger partial charge in [-0.3, -0.25) is 4.79 Å². The van der Waals surface area contributed by atoms with E-state index in [1.807, 2.05) is 0 Å². The topological polar surface area (TPSA) is 64.6 Å². The number of amides is 1. The normalized spacial score (nSPS) is 13.1. The minimum Gasteiger partial charge on any atom is -0.453 e. The Balaban J connectivity index is 4.52. The minimum atomic E-state index is -0.664. The van der Waals surface area contributed by atoms with Crippen LogP contribution in [-0.4, -0.2) is 38.7 Å². The van der Waals surface area contributed by atoms with Crippen LogP contribution < -0.4 is 5.32 Å². The van der Waals surface area contributed by atoms with Crippen LogP contribution in [-0.2, 0) is 14.3 Å². The number of nitrogens with one attached hydrogen (secondary N) is 1. The van der Waals surface area contributed by atoms with Gasteiger partial charge in [0.25, 0.3) is 0 Å². The summed E-state index contributed by atoms with van der Waals surface area (Å²) < 4.78 is 9.31. The van der Waals surface area contributed by atoms with Gasteiger partial charge in [0, 0.05) is 12.5 Å². The molecule has 0 radical (unpaired) electrons. The van der Waals surface area contributed by atoms with E-state index in [1.165, 1.54) is 14.2 Å². The van der Waals surface area contributed by atoms with Gasteiger partial charge in [0.2, 0.25) is 0 Å². The van der Waals surface area contributed by atoms with Crippen LogP contribution in [0.3, 0.4) is 0 Å². The van der Waals surface area contributed by atoms with E-state index in [1.54, 1.807) is 20.8 Å². The highest BCUT2D eigenvalue weighted by Gasteiger charge is 2.30. The molecule has 0 aromatic carbocycles. The van der Waals surface area contributed by atoms with Crippen LogP contribution in [0.15, 0.2) is 0 Å². The van der Waals surface area contributed by atoms with Crippen molar-refractivity contribution < 1.29 is 19.1 Å². The summed E-state index contributed by atoms with van der Waals surface area (Å²) in [6.45, 7) is 5.51. The molecule has 0 aliphatic rings. The Labute approximate surface area is 90.1 Å². The van der Waals surface area contributed by atoms with E-state index in [0.29, 0.717) is 0 Å². The number of Topliss-reactive ketones (excluding diaryl/α,β-unsaturated/α-hetero) is 1. The summed E-state index contributed by atoms with van der Waals surface area (Å²) in [5.74, 6) is -0.0882. The largest absolute Gasteiger partial charge is 0.453 e. The molecule has 1 N–H and O–H groups in total. The molecule has 0 spiro atoms. The molecule has 0 saturated carbocycles. The molecule has 5 nitrogen and oxygen atoms in total. The van der Waals surface area contributed by atoms with Crippen molar-refractivity contribution in [2.75, 3.05) is 20.8 Å². The van der Waals surface area contributed by atoms with E-state index in [4.69, 9.17) is 4.74 Å². The van der Waals surface area contributed by atoms with Gasteiger partial charge in [0.15, 0.2) is 5.78 Å². The minimum absolute atomic E-state index is 0.0882. The van der Waals surface area contributed by atoms with Crippen molar-refractivity contribution in [1.29, 1.82) is 0 Å². The zero-order chi connectivity index (χ0) is 12.1. The van der Waals surface area contributed by atoms with Gasteiger partial charge in [-0.05, 0) is 0 Å². The molecule has 88 valence electrons. The third kappa shape index (κ3) is 4.78. The Morgan fingerprint density at radius 1 is 1.27 bits per heavy atom. The van der Waals surface area contributed by atoms with E-state index in [9.17, 15) is 9.59 Å². The molecule has 0 aliphatic heterocycles. The zero-order valence-electron chi connectivity index (χ0n) is 9.92. The molecule has 5 heteroatoms. The number of rotatable bonds is 4. The molecule has 0 aliphatic carbocycles. The van der Waals surface area contributed by atoms with Crippen LogP contribution in [0, 0.1) is 5.41 Å². The Bertz CT molecular complexity index is 232. The lowest BCUT2D eigenvalue weighted by molar-refractivity contribution is -0.129. The van der Waals surface area contributed by atoms with E-state index < -0.39 is 17.6 Å². The van der Waals surface area contributed by atoms with Gasteiger partial charge >= 0.3 is 6.09 Å². The molecule has 0 fully saturated rings. The van der Waals surface area contributed by atoms with Crippen molar-refractivity contribution in [2.24, 2.45) is 5.41 Å². The van der Waals surface area contributed by atoms with Gasteiger partial charge in [0.1, 0.15) is 6.04 Å². The van der Waals surface area contributed by atoms with Gasteiger partial charge in [0.05, 0.1) is 13.7 Å². The zero-order valence-corrected chi connectivity index (χ0v) is 9.92. The molecule has 0 heterocycles. The predicted molar refractivity (Wildman–Crippen MR) is 55.7 cm³/mol. The highest BCUT2D eigenvalue weighted by atomic mass is 16.5. The molecule has 0 saturated heterocycles. The number of ether oxygens (including phenoxy) is 2. The summed E-state index contributed by atoms with van der Waals surface area (Å²) in [6.07, 6.45) is -0.630. The fourth-order valence-corrected chi connectivity index (χ4v) is 1.07. The Morgan fingerprint density at radius 2 is 1.80 bits per heavy atom. The molecule has 1 amide bonds. The molecular weight excluding hydrogens is 198 g/mol. The molecule has 0 rings (SSSR count). The third-order valence-corrected chi connectivity index (χ3v) is 1.87. The first-order valence-corrected chi connectivity index (χ1v) is 4.70. The van der Waals surface area contributed by atoms with Gasteiger partial charge < -0.3 is 14.8 Å². The molecule has 0 aromatic rings. The second kappa shape index (κ2) is 5.70. The van der Waals surface area contributed by atoms with Crippen molar-refractivity contribution in [1.82, 2.24) is 5.32 Å². The summed E-state index contributed by atoms with van der Waals surface area (Å²) >= 11 is 0. The second-order valence-electron chi connectivity index (χ2n) is 4.26. The smallest absolute Gasteiger partial charge is 0.407 e. The monoisotopic (exact) mass is 217 g/mol. The standard InChI is InChI=1S/C10H19NO4/c1-10(2,3)8(12)7(6-14-4)11-9(13)15-5/h7H,6H2,1-5H3,(H,11,13)/t7-/m0/s1. The fraction of sp³-hybridized carbons (Fsp3) is 0.800. The molecular formula is C10H19NO4. The average Bonchev–Trinajstić information content (AvgIpc) is 2.14. The lowest BCUT2D eigenvalue weighted by Crippen LogP contribution is -2.48. The summed E-state index contributed by atoms with van der Waals surface area (Å²) in [4.78, 5) is 22.8. The van der Waals surface area contributed by atoms with Crippen LogP contribution in [0.1, 0.15) is 20.8 Å². The maximum Gasteiger partial charge on any atom is 0.407 e. The van der Waals surface area contributed by atoms with Gasteiger partial charge in [-0.15, -0.1) is 0 Å². The first kappa shape index (κ1) is 13.9. The van der Waals surface area contributed by atoms with Gasteiger partial charge in [-0.25, -0.2) is 4.79 Å². The van der Waals surface area contributed by atoms with Crippen molar-refractivity contribution in [2.45, 2.75) is 26.8 Å². The second-order valence-corrected chi connectivity index (χ2v) is 4.26. The first-order valence-electron chi connectivity index (χ1n) is 4.70. The number of hydrogen-bond acceptors (Lipinski definition) is 4. The Hall–Kier alpha value is -1.10. The lowest BCUT2D eigenvalue weighted by atomic mass is 9.87. The number of alkyl carbamates (subject to hydrolysis) is 1. The molecule has 1 atom stereocenters. The molecule has 0 bridgehead atoms. The lowest BCUT2D eigenvalue weighted by Gasteiger charge is -2.24. The Kier molecular flexibility index (Phi) is 5.28. The van der Waals surface area contributed by atoms with Crippen molar-refractivity contribution in [3.05, 3.63) is 0 Å². The highest BCUT2D eigenvalue weighted by Crippen LogP contribution is 2.17. The quantitative estimate of drug-likeness (QED) is 0.762. The van der Waals surface area contributed by atoms with Crippen LogP contribution in [0.4, 0.5) is 4.79 Å². The average molecular weight is 217 g/mol. The van der Waals surface area contributed by atoms with E-state index >= 15 is 0 Å². The number of hydrogen-bond donors (Lipinski definition) is 1. The first-order chi connectivity index (χ1) is 6.82. The predicted octanol–water partition coefficient (Wildman–Crippen LogP) is 0.973. The van der Waals surface area contributed by atoms with Crippen molar-refractivity contribution in [3.63, 3.8) is 0 Å². The molecule has 15 heavy (non-hydrogen) atoms. The highest BCUT2D eigenvalue weighted by molar-refractivity contribution is 5.91. The number of ketones is 1. The van der Waals surface area contributed by atoms with Crippen LogP contribution >= 0.6 is 0 Å².